The maximum Gasteiger partial charge on any atom is 0.257 e. The average molecular weight is 418 g/mol. The van der Waals surface area contributed by atoms with Gasteiger partial charge in [-0.3, -0.25) is 0 Å². The normalized spacial score (nSPS) is 17.9. The van der Waals surface area contributed by atoms with Crippen LogP contribution in [-0.4, -0.2) is 18.7 Å². The fraction of sp³-hybridized carbons (Fsp3) is 0.591. The van der Waals surface area contributed by atoms with Crippen LogP contribution in [0.1, 0.15) is 63.2 Å². The second-order valence-corrected chi connectivity index (χ2v) is 8.03. The van der Waals surface area contributed by atoms with Gasteiger partial charge in [-0.1, -0.05) is 6.42 Å². The van der Waals surface area contributed by atoms with E-state index in [1.807, 2.05) is 0 Å². The van der Waals surface area contributed by atoms with E-state index in [2.05, 4.69) is 58.6 Å². The van der Waals surface area contributed by atoms with E-state index in [1.165, 1.54) is 81.3 Å². The Morgan fingerprint density at radius 2 is 1.62 bits per heavy atom. The summed E-state index contributed by atoms with van der Waals surface area (Å²) in [6, 6.07) is 9.82. The number of halogens is 1. The first-order valence-electron chi connectivity index (χ1n) is 10.2. The summed E-state index contributed by atoms with van der Waals surface area (Å²) >= 11 is 0. The number of aromatic nitrogens is 2. The third-order valence-electron chi connectivity index (χ3n) is 6.09. The second-order valence-electron chi connectivity index (χ2n) is 8.03. The minimum atomic E-state index is 0. The van der Waals surface area contributed by atoms with Crippen LogP contribution in [0.25, 0.3) is 11.3 Å². The number of hydrogen-bond donors (Lipinski definition) is 0. The number of fused-ring (bicyclic) bond motifs is 1. The van der Waals surface area contributed by atoms with Crippen LogP contribution < -0.4 is 26.4 Å². The molecule has 1 aromatic heterocycles. The molecule has 142 valence electrons. The van der Waals surface area contributed by atoms with Crippen LogP contribution in [-0.2, 0) is 13.0 Å². The predicted molar refractivity (Wildman–Crippen MR) is 104 cm³/mol. The summed E-state index contributed by atoms with van der Waals surface area (Å²) in [5, 5.41) is 0. The topological polar surface area (TPSA) is 12.1 Å². The van der Waals surface area contributed by atoms with Crippen molar-refractivity contribution >= 4 is 5.69 Å². The second kappa shape index (κ2) is 8.60. The van der Waals surface area contributed by atoms with Crippen LogP contribution >= 0.6 is 0 Å². The molecule has 0 atom stereocenters. The van der Waals surface area contributed by atoms with Gasteiger partial charge in [0, 0.05) is 31.8 Å². The number of hydrogen-bond acceptors (Lipinski definition) is 1. The highest BCUT2D eigenvalue weighted by molar-refractivity contribution is 5.62. The molecule has 3 nitrogen and oxygen atoms in total. The molecule has 0 spiro atoms. The number of imidazole rings is 1. The lowest BCUT2D eigenvalue weighted by Gasteiger charge is -2.20. The van der Waals surface area contributed by atoms with Crippen molar-refractivity contribution in [3.05, 3.63) is 36.3 Å². The molecule has 0 saturated heterocycles. The first-order chi connectivity index (χ1) is 12.2. The predicted octanol–water partition coefficient (Wildman–Crippen LogP) is 1.74. The van der Waals surface area contributed by atoms with Gasteiger partial charge < -0.3 is 21.9 Å². The maximum absolute atomic E-state index is 2.67. The quantitative estimate of drug-likeness (QED) is 0.692. The smallest absolute Gasteiger partial charge is 0.257 e. The van der Waals surface area contributed by atoms with Gasteiger partial charge in [-0.25, -0.2) is 9.13 Å². The SMILES string of the molecule is CN(C)c1ccc(-c2c[n+](C3CCCCC3)c3n2CCCCC3)cc1.[Br-]. The van der Waals surface area contributed by atoms with Crippen molar-refractivity contribution in [2.45, 2.75) is 70.4 Å². The molecule has 2 heterocycles. The van der Waals surface area contributed by atoms with Crippen LogP contribution in [0, 0.1) is 0 Å². The zero-order chi connectivity index (χ0) is 17.2. The molecule has 1 aromatic carbocycles. The molecule has 0 unspecified atom stereocenters. The third kappa shape index (κ3) is 3.85. The zero-order valence-electron chi connectivity index (χ0n) is 16.3. The van der Waals surface area contributed by atoms with Gasteiger partial charge in [0.05, 0.1) is 6.54 Å². The Morgan fingerprint density at radius 1 is 0.923 bits per heavy atom. The summed E-state index contributed by atoms with van der Waals surface area (Å²) in [7, 11) is 4.21. The first kappa shape index (κ1) is 19.5. The highest BCUT2D eigenvalue weighted by Gasteiger charge is 2.30. The number of anilines is 1. The Labute approximate surface area is 168 Å². The van der Waals surface area contributed by atoms with Gasteiger partial charge >= 0.3 is 0 Å². The molecule has 1 fully saturated rings. The van der Waals surface area contributed by atoms with Gasteiger partial charge in [0.15, 0.2) is 5.69 Å². The van der Waals surface area contributed by atoms with Gasteiger partial charge in [0.2, 0.25) is 0 Å². The van der Waals surface area contributed by atoms with Crippen LogP contribution in [0.4, 0.5) is 5.69 Å². The van der Waals surface area contributed by atoms with Crippen molar-refractivity contribution in [3.63, 3.8) is 0 Å². The molecule has 4 rings (SSSR count). The third-order valence-corrected chi connectivity index (χ3v) is 6.09. The lowest BCUT2D eigenvalue weighted by molar-refractivity contribution is -0.731. The van der Waals surface area contributed by atoms with E-state index in [-0.39, 0.29) is 17.0 Å². The van der Waals surface area contributed by atoms with E-state index in [4.69, 9.17) is 0 Å². The fourth-order valence-corrected chi connectivity index (χ4v) is 4.63. The molecule has 2 aliphatic rings. The summed E-state index contributed by atoms with van der Waals surface area (Å²) in [6.07, 6.45) is 14.7. The van der Waals surface area contributed by atoms with Gasteiger partial charge in [0.1, 0.15) is 12.2 Å². The Morgan fingerprint density at radius 3 is 2.31 bits per heavy atom. The number of benzene rings is 1. The van der Waals surface area contributed by atoms with E-state index >= 15 is 0 Å². The molecule has 1 aliphatic heterocycles. The van der Waals surface area contributed by atoms with E-state index < -0.39 is 0 Å². The van der Waals surface area contributed by atoms with Crippen molar-refractivity contribution in [2.24, 2.45) is 0 Å². The standard InChI is InChI=1S/C22H32N3.BrH/c1-23(2)19-14-12-18(13-15-19)21-17-25(20-9-5-3-6-10-20)22-11-7-4-8-16-24(21)22;/h12-15,17,20H,3-11,16H2,1-2H3;1H/q+1;/p-1. The zero-order valence-corrected chi connectivity index (χ0v) is 17.8. The summed E-state index contributed by atoms with van der Waals surface area (Å²) in [5.41, 5.74) is 4.06. The van der Waals surface area contributed by atoms with Gasteiger partial charge in [0.25, 0.3) is 5.82 Å². The Kier molecular flexibility index (Phi) is 6.44. The lowest BCUT2D eigenvalue weighted by Crippen LogP contribution is -3.00. The molecule has 4 heteroatoms. The molecule has 1 saturated carbocycles. The minimum absolute atomic E-state index is 0. The summed E-state index contributed by atoms with van der Waals surface area (Å²) in [5.74, 6) is 1.58. The van der Waals surface area contributed by atoms with Crippen LogP contribution in [0.2, 0.25) is 0 Å². The van der Waals surface area contributed by atoms with Crippen molar-refractivity contribution in [1.29, 1.82) is 0 Å². The highest BCUT2D eigenvalue weighted by Crippen LogP contribution is 2.30. The Bertz CT molecular complexity index is 712. The van der Waals surface area contributed by atoms with E-state index in [0.717, 1.165) is 6.04 Å². The molecule has 1 aliphatic carbocycles. The maximum atomic E-state index is 2.67. The molecular weight excluding hydrogens is 386 g/mol. The molecule has 26 heavy (non-hydrogen) atoms. The molecule has 0 N–H and O–H groups in total. The van der Waals surface area contributed by atoms with Crippen molar-refractivity contribution in [2.75, 3.05) is 19.0 Å². The van der Waals surface area contributed by atoms with E-state index in [0.29, 0.717) is 0 Å². The Hall–Kier alpha value is -1.29. The van der Waals surface area contributed by atoms with E-state index in [9.17, 15) is 0 Å². The van der Waals surface area contributed by atoms with Crippen LogP contribution in [0.3, 0.4) is 0 Å². The largest absolute Gasteiger partial charge is 1.00 e. The minimum Gasteiger partial charge on any atom is -1.00 e. The van der Waals surface area contributed by atoms with E-state index in [1.54, 1.807) is 5.82 Å². The molecule has 0 radical (unpaired) electrons. The molecular formula is C22H32BrN3. The Balaban J connectivity index is 0.00000196. The van der Waals surface area contributed by atoms with Gasteiger partial charge in [-0.15, -0.1) is 0 Å². The number of rotatable bonds is 3. The summed E-state index contributed by atoms with van der Waals surface area (Å²) in [4.78, 5) is 2.17. The monoisotopic (exact) mass is 417 g/mol. The van der Waals surface area contributed by atoms with Crippen molar-refractivity contribution in [1.82, 2.24) is 4.57 Å². The first-order valence-corrected chi connectivity index (χ1v) is 10.2. The molecule has 0 amide bonds. The summed E-state index contributed by atoms with van der Waals surface area (Å²) in [6.45, 7) is 1.18. The van der Waals surface area contributed by atoms with Gasteiger partial charge in [-0.2, -0.15) is 0 Å². The van der Waals surface area contributed by atoms with Crippen LogP contribution in [0.5, 0.6) is 0 Å². The molecule has 0 bridgehead atoms. The fourth-order valence-electron chi connectivity index (χ4n) is 4.63. The van der Waals surface area contributed by atoms with Crippen LogP contribution in [0.15, 0.2) is 30.5 Å². The highest BCUT2D eigenvalue weighted by atomic mass is 79.9. The number of nitrogens with zero attached hydrogens (tertiary/aromatic N) is 3. The van der Waals surface area contributed by atoms with Crippen molar-refractivity contribution in [3.8, 4) is 11.3 Å². The molecule has 2 aromatic rings. The van der Waals surface area contributed by atoms with Crippen molar-refractivity contribution < 1.29 is 21.5 Å². The summed E-state index contributed by atoms with van der Waals surface area (Å²) < 4.78 is 5.30. The average Bonchev–Trinajstić information content (AvgIpc) is 2.84. The van der Waals surface area contributed by atoms with Gasteiger partial charge in [-0.05, 0) is 69.2 Å². The lowest BCUT2D eigenvalue weighted by atomic mass is 9.95.